The molecule has 0 spiro atoms. The average molecular weight is 311 g/mol. The summed E-state index contributed by atoms with van der Waals surface area (Å²) < 4.78 is 5.12. The first-order valence-corrected chi connectivity index (χ1v) is 7.38. The Morgan fingerprint density at radius 1 is 1.17 bits per heavy atom. The van der Waals surface area contributed by atoms with Crippen molar-refractivity contribution < 1.29 is 14.3 Å². The molecule has 0 unspecified atom stereocenters. The number of methoxy groups -OCH3 is 1. The zero-order chi connectivity index (χ0) is 16.2. The molecule has 3 rings (SSSR count). The van der Waals surface area contributed by atoms with E-state index in [1.165, 1.54) is 12.3 Å². The van der Waals surface area contributed by atoms with Crippen LogP contribution in [0.4, 0.5) is 5.69 Å². The fraction of sp³-hybridized carbons (Fsp3) is 0.235. The van der Waals surface area contributed by atoms with E-state index in [-0.39, 0.29) is 23.6 Å². The van der Waals surface area contributed by atoms with Gasteiger partial charge in [0.25, 0.3) is 11.8 Å². The van der Waals surface area contributed by atoms with E-state index in [2.05, 4.69) is 15.6 Å². The number of anilines is 1. The maximum atomic E-state index is 12.3. The third-order valence-electron chi connectivity index (χ3n) is 3.49. The van der Waals surface area contributed by atoms with E-state index in [0.717, 1.165) is 12.8 Å². The smallest absolute Gasteiger partial charge is 0.274 e. The highest BCUT2D eigenvalue weighted by Gasteiger charge is 2.24. The number of hydrogen-bond donors (Lipinski definition) is 2. The summed E-state index contributed by atoms with van der Waals surface area (Å²) in [7, 11) is 1.56. The molecule has 6 nitrogen and oxygen atoms in total. The van der Waals surface area contributed by atoms with Crippen molar-refractivity contribution in [3.8, 4) is 5.75 Å². The lowest BCUT2D eigenvalue weighted by molar-refractivity contribution is 0.0951. The molecule has 2 aromatic rings. The number of carbonyl (C=O) groups excluding carboxylic acids is 2. The second kappa shape index (κ2) is 6.48. The van der Waals surface area contributed by atoms with Crippen molar-refractivity contribution in [2.45, 2.75) is 18.9 Å². The van der Waals surface area contributed by atoms with E-state index in [4.69, 9.17) is 4.74 Å². The lowest BCUT2D eigenvalue weighted by atomic mass is 10.2. The fourth-order valence-corrected chi connectivity index (χ4v) is 2.09. The number of benzene rings is 1. The summed E-state index contributed by atoms with van der Waals surface area (Å²) in [6, 6.07) is 10.4. The van der Waals surface area contributed by atoms with Crippen LogP contribution >= 0.6 is 0 Å². The van der Waals surface area contributed by atoms with Crippen LogP contribution in [0.1, 0.15) is 33.7 Å². The van der Waals surface area contributed by atoms with Gasteiger partial charge in [-0.2, -0.15) is 0 Å². The molecule has 1 aliphatic carbocycles. The number of nitrogens with zero attached hydrogens (tertiary/aromatic N) is 1. The van der Waals surface area contributed by atoms with E-state index in [1.54, 1.807) is 37.4 Å². The third kappa shape index (κ3) is 3.85. The van der Waals surface area contributed by atoms with Gasteiger partial charge < -0.3 is 15.4 Å². The maximum absolute atomic E-state index is 12.3. The zero-order valence-corrected chi connectivity index (χ0v) is 12.7. The number of aromatic nitrogens is 1. The Morgan fingerprint density at radius 2 is 2.00 bits per heavy atom. The van der Waals surface area contributed by atoms with E-state index >= 15 is 0 Å². The molecule has 0 radical (unpaired) electrons. The SMILES string of the molecule is COc1cccc(NC(=O)c2cc(C(=O)NC3CC3)ccn2)c1. The van der Waals surface area contributed by atoms with Crippen LogP contribution < -0.4 is 15.4 Å². The summed E-state index contributed by atoms with van der Waals surface area (Å²) in [6.07, 6.45) is 3.49. The second-order valence-electron chi connectivity index (χ2n) is 5.36. The van der Waals surface area contributed by atoms with Gasteiger partial charge in [0, 0.05) is 29.6 Å². The Bertz CT molecular complexity index is 741. The normalized spacial score (nSPS) is 13.3. The van der Waals surface area contributed by atoms with Gasteiger partial charge in [-0.05, 0) is 37.1 Å². The largest absolute Gasteiger partial charge is 0.497 e. The molecule has 0 saturated heterocycles. The first-order chi connectivity index (χ1) is 11.2. The quantitative estimate of drug-likeness (QED) is 0.887. The molecule has 2 N–H and O–H groups in total. The van der Waals surface area contributed by atoms with Crippen LogP contribution in [0.15, 0.2) is 42.6 Å². The molecular weight excluding hydrogens is 294 g/mol. The summed E-state index contributed by atoms with van der Waals surface area (Å²) in [5.41, 5.74) is 1.22. The van der Waals surface area contributed by atoms with Crippen molar-refractivity contribution in [1.82, 2.24) is 10.3 Å². The molecule has 118 valence electrons. The average Bonchev–Trinajstić information content (AvgIpc) is 3.39. The molecule has 0 atom stereocenters. The highest BCUT2D eigenvalue weighted by atomic mass is 16.5. The van der Waals surface area contributed by atoms with Gasteiger partial charge in [-0.3, -0.25) is 14.6 Å². The second-order valence-corrected chi connectivity index (χ2v) is 5.36. The Balaban J connectivity index is 1.72. The molecule has 1 saturated carbocycles. The Morgan fingerprint density at radius 3 is 2.74 bits per heavy atom. The summed E-state index contributed by atoms with van der Waals surface area (Å²) in [5, 5.41) is 5.63. The minimum absolute atomic E-state index is 0.176. The van der Waals surface area contributed by atoms with Crippen LogP contribution in [-0.2, 0) is 0 Å². The Kier molecular flexibility index (Phi) is 4.23. The molecule has 0 aliphatic heterocycles. The first kappa shape index (κ1) is 15.0. The number of rotatable bonds is 5. The molecule has 6 heteroatoms. The van der Waals surface area contributed by atoms with Crippen molar-refractivity contribution in [1.29, 1.82) is 0 Å². The van der Waals surface area contributed by atoms with Crippen molar-refractivity contribution in [3.05, 3.63) is 53.9 Å². The van der Waals surface area contributed by atoms with Gasteiger partial charge in [0.1, 0.15) is 11.4 Å². The van der Waals surface area contributed by atoms with Gasteiger partial charge >= 0.3 is 0 Å². The predicted octanol–water partition coefficient (Wildman–Crippen LogP) is 2.23. The van der Waals surface area contributed by atoms with E-state index < -0.39 is 0 Å². The van der Waals surface area contributed by atoms with Crippen LogP contribution in [0.2, 0.25) is 0 Å². The summed E-state index contributed by atoms with van der Waals surface area (Å²) in [5.74, 6) is 0.0953. The number of nitrogens with one attached hydrogen (secondary N) is 2. The molecule has 1 aromatic carbocycles. The van der Waals surface area contributed by atoms with Crippen LogP contribution in [0.3, 0.4) is 0 Å². The van der Waals surface area contributed by atoms with Crippen LogP contribution in [0.5, 0.6) is 5.75 Å². The summed E-state index contributed by atoms with van der Waals surface area (Å²) in [4.78, 5) is 28.3. The molecule has 23 heavy (non-hydrogen) atoms. The zero-order valence-electron chi connectivity index (χ0n) is 12.7. The van der Waals surface area contributed by atoms with Gasteiger partial charge in [-0.1, -0.05) is 6.07 Å². The third-order valence-corrected chi connectivity index (χ3v) is 3.49. The van der Waals surface area contributed by atoms with Crippen molar-refractivity contribution >= 4 is 17.5 Å². The number of carbonyl (C=O) groups is 2. The molecule has 1 aromatic heterocycles. The van der Waals surface area contributed by atoms with E-state index in [9.17, 15) is 9.59 Å². The highest BCUT2D eigenvalue weighted by molar-refractivity contribution is 6.04. The molecule has 0 bridgehead atoms. The number of pyridine rings is 1. The highest BCUT2D eigenvalue weighted by Crippen LogP contribution is 2.20. The Labute approximate surface area is 133 Å². The summed E-state index contributed by atoms with van der Waals surface area (Å²) >= 11 is 0. The van der Waals surface area contributed by atoms with Crippen LogP contribution in [0.25, 0.3) is 0 Å². The topological polar surface area (TPSA) is 80.3 Å². The standard InChI is InChI=1S/C17H17N3O3/c1-23-14-4-2-3-13(10-14)20-17(22)15-9-11(7-8-18-15)16(21)19-12-5-6-12/h2-4,7-10,12H,5-6H2,1H3,(H,19,21)(H,20,22). The number of hydrogen-bond acceptors (Lipinski definition) is 4. The van der Waals surface area contributed by atoms with E-state index in [0.29, 0.717) is 17.0 Å². The maximum Gasteiger partial charge on any atom is 0.274 e. The van der Waals surface area contributed by atoms with Gasteiger partial charge in [0.2, 0.25) is 0 Å². The van der Waals surface area contributed by atoms with E-state index in [1.807, 2.05) is 0 Å². The van der Waals surface area contributed by atoms with Gasteiger partial charge in [-0.15, -0.1) is 0 Å². The van der Waals surface area contributed by atoms with Crippen molar-refractivity contribution in [2.24, 2.45) is 0 Å². The molecule has 1 fully saturated rings. The fourth-order valence-electron chi connectivity index (χ4n) is 2.09. The predicted molar refractivity (Wildman–Crippen MR) is 85.7 cm³/mol. The number of ether oxygens (including phenoxy) is 1. The van der Waals surface area contributed by atoms with Crippen LogP contribution in [0, 0.1) is 0 Å². The van der Waals surface area contributed by atoms with Gasteiger partial charge in [0.05, 0.1) is 7.11 Å². The van der Waals surface area contributed by atoms with Crippen molar-refractivity contribution in [2.75, 3.05) is 12.4 Å². The molecular formula is C17H17N3O3. The molecule has 2 amide bonds. The Hall–Kier alpha value is -2.89. The first-order valence-electron chi connectivity index (χ1n) is 7.38. The van der Waals surface area contributed by atoms with Crippen LogP contribution in [-0.4, -0.2) is 29.9 Å². The lowest BCUT2D eigenvalue weighted by Gasteiger charge is -2.08. The number of amides is 2. The minimum atomic E-state index is -0.376. The lowest BCUT2D eigenvalue weighted by Crippen LogP contribution is -2.26. The molecule has 1 heterocycles. The van der Waals surface area contributed by atoms with Gasteiger partial charge in [0.15, 0.2) is 0 Å². The minimum Gasteiger partial charge on any atom is -0.497 e. The van der Waals surface area contributed by atoms with Gasteiger partial charge in [-0.25, -0.2) is 0 Å². The monoisotopic (exact) mass is 311 g/mol. The van der Waals surface area contributed by atoms with Crippen molar-refractivity contribution in [3.63, 3.8) is 0 Å². The molecule has 1 aliphatic rings. The summed E-state index contributed by atoms with van der Waals surface area (Å²) in [6.45, 7) is 0.